The minimum absolute atomic E-state index is 0.297. The van der Waals surface area contributed by atoms with E-state index in [1.807, 2.05) is 0 Å². The molecule has 1 heterocycles. The van der Waals surface area contributed by atoms with E-state index in [0.29, 0.717) is 22.0 Å². The largest absolute Gasteiger partial charge is 0.439 e. The first kappa shape index (κ1) is 10.9. The fourth-order valence-corrected chi connectivity index (χ4v) is 2.05. The average Bonchev–Trinajstić information content (AvgIpc) is 2.63. The predicted octanol–water partition coefficient (Wildman–Crippen LogP) is 3.09. The number of oxazole rings is 1. The third-order valence-corrected chi connectivity index (χ3v) is 2.67. The van der Waals surface area contributed by atoms with Gasteiger partial charge in [-0.05, 0) is 36.9 Å². The molecule has 0 saturated heterocycles. The molecule has 2 aromatic rings. The van der Waals surface area contributed by atoms with E-state index in [2.05, 4.69) is 4.98 Å². The summed E-state index contributed by atoms with van der Waals surface area (Å²) in [5, 5.41) is 0.431. The molecule has 1 aromatic heterocycles. The third kappa shape index (κ3) is 2.49. The first-order chi connectivity index (χ1) is 7.67. The first-order valence-electron chi connectivity index (χ1n) is 4.53. The second kappa shape index (κ2) is 4.49. The summed E-state index contributed by atoms with van der Waals surface area (Å²) in [6, 6.07) is 4.09. The molecule has 0 amide bonds. The highest BCUT2D eigenvalue weighted by Gasteiger charge is 2.06. The highest BCUT2D eigenvalue weighted by Crippen LogP contribution is 2.27. The molecule has 82 valence electrons. The van der Waals surface area contributed by atoms with Gasteiger partial charge in [0.2, 0.25) is 0 Å². The number of nitrogens with zero attached hydrogens (tertiary/aromatic N) is 1. The summed E-state index contributed by atoms with van der Waals surface area (Å²) in [7, 11) is 0. The van der Waals surface area contributed by atoms with Gasteiger partial charge in [-0.2, -0.15) is 0 Å². The van der Waals surface area contributed by atoms with Crippen LogP contribution >= 0.6 is 11.8 Å². The van der Waals surface area contributed by atoms with Crippen LogP contribution in [-0.4, -0.2) is 11.3 Å². The monoisotopic (exact) mass is 237 g/mol. The number of aryl methyl sites for hydroxylation is 1. The van der Waals surface area contributed by atoms with Crippen LogP contribution in [-0.2, 0) is 0 Å². The quantitative estimate of drug-likeness (QED) is 0.769. The van der Waals surface area contributed by atoms with Gasteiger partial charge in [0, 0.05) is 10.5 Å². The molecule has 0 fully saturated rings. The lowest BCUT2D eigenvalue weighted by atomic mass is 10.2. The van der Waals surface area contributed by atoms with E-state index in [-0.39, 0.29) is 0 Å². The Bertz CT molecular complexity index is 524. The van der Waals surface area contributed by atoms with Crippen LogP contribution in [0.5, 0.6) is 0 Å². The molecule has 0 aliphatic carbocycles. The molecule has 0 spiro atoms. The van der Waals surface area contributed by atoms with Crippen LogP contribution < -0.4 is 0 Å². The molecular formula is C11H8FNO2S. The summed E-state index contributed by atoms with van der Waals surface area (Å²) in [5.74, 6) is -0.449. The van der Waals surface area contributed by atoms with Crippen LogP contribution in [0.4, 0.5) is 4.39 Å². The van der Waals surface area contributed by atoms with E-state index in [4.69, 9.17) is 4.42 Å². The van der Waals surface area contributed by atoms with Crippen molar-refractivity contribution in [1.29, 1.82) is 0 Å². The molecule has 16 heavy (non-hydrogen) atoms. The Morgan fingerprint density at radius 1 is 1.44 bits per heavy atom. The topological polar surface area (TPSA) is 43.1 Å². The van der Waals surface area contributed by atoms with Gasteiger partial charge in [-0.1, -0.05) is 0 Å². The predicted molar refractivity (Wildman–Crippen MR) is 57.2 cm³/mol. The fraction of sp³-hybridized carbons (Fsp3) is 0.0909. The van der Waals surface area contributed by atoms with Crippen LogP contribution in [0.1, 0.15) is 16.1 Å². The molecule has 0 unspecified atom stereocenters. The highest BCUT2D eigenvalue weighted by atomic mass is 32.2. The minimum atomic E-state index is -0.449. The zero-order valence-corrected chi connectivity index (χ0v) is 9.25. The molecule has 5 heteroatoms. The summed E-state index contributed by atoms with van der Waals surface area (Å²) in [5.41, 5.74) is 1.06. The van der Waals surface area contributed by atoms with E-state index in [1.165, 1.54) is 30.2 Å². The number of rotatable bonds is 3. The van der Waals surface area contributed by atoms with Gasteiger partial charge in [-0.25, -0.2) is 9.37 Å². The molecule has 0 aliphatic rings. The van der Waals surface area contributed by atoms with Crippen molar-refractivity contribution < 1.29 is 13.6 Å². The second-order valence-electron chi connectivity index (χ2n) is 3.19. The fourth-order valence-electron chi connectivity index (χ4n) is 1.19. The van der Waals surface area contributed by atoms with Crippen molar-refractivity contribution in [3.63, 3.8) is 0 Å². The number of halogens is 1. The van der Waals surface area contributed by atoms with Crippen LogP contribution in [0.15, 0.2) is 39.0 Å². The molecule has 0 N–H and O–H groups in total. The maximum absolute atomic E-state index is 13.1. The van der Waals surface area contributed by atoms with Gasteiger partial charge in [0.15, 0.2) is 0 Å². The van der Waals surface area contributed by atoms with Crippen molar-refractivity contribution in [2.45, 2.75) is 17.0 Å². The zero-order chi connectivity index (χ0) is 11.5. The maximum atomic E-state index is 13.1. The summed E-state index contributed by atoms with van der Waals surface area (Å²) in [4.78, 5) is 15.2. The Morgan fingerprint density at radius 2 is 2.25 bits per heavy atom. The Hall–Kier alpha value is -1.62. The summed E-state index contributed by atoms with van der Waals surface area (Å²) < 4.78 is 18.2. The molecule has 0 aliphatic heterocycles. The lowest BCUT2D eigenvalue weighted by Crippen LogP contribution is -1.84. The Labute approximate surface area is 95.7 Å². The number of aldehydes is 1. The van der Waals surface area contributed by atoms with Crippen LogP contribution in [0, 0.1) is 12.7 Å². The van der Waals surface area contributed by atoms with Gasteiger partial charge >= 0.3 is 0 Å². The summed E-state index contributed by atoms with van der Waals surface area (Å²) in [6.45, 7) is 1.80. The molecule has 0 bridgehead atoms. The molecule has 0 saturated carbocycles. The van der Waals surface area contributed by atoms with Crippen LogP contribution in [0.25, 0.3) is 0 Å². The number of hydrogen-bond acceptors (Lipinski definition) is 4. The smallest absolute Gasteiger partial charge is 0.260 e. The number of carbonyl (C=O) groups excluding carboxylic acids is 1. The molecule has 0 radical (unpaired) electrons. The SMILES string of the molecule is Cc1coc(Sc2cc(F)cc(C=O)c2)n1. The maximum Gasteiger partial charge on any atom is 0.260 e. The van der Waals surface area contributed by atoms with Gasteiger partial charge in [0.1, 0.15) is 18.4 Å². The van der Waals surface area contributed by atoms with E-state index in [9.17, 15) is 9.18 Å². The summed E-state index contributed by atoms with van der Waals surface area (Å²) in [6.07, 6.45) is 2.12. The van der Waals surface area contributed by atoms with E-state index in [1.54, 1.807) is 13.0 Å². The van der Waals surface area contributed by atoms with Crippen molar-refractivity contribution in [2.24, 2.45) is 0 Å². The van der Waals surface area contributed by atoms with Gasteiger partial charge < -0.3 is 4.42 Å². The Kier molecular flexibility index (Phi) is 3.05. The third-order valence-electron chi connectivity index (χ3n) is 1.83. The average molecular weight is 237 g/mol. The van der Waals surface area contributed by atoms with Crippen LogP contribution in [0.3, 0.4) is 0 Å². The van der Waals surface area contributed by atoms with Gasteiger partial charge in [0.25, 0.3) is 5.22 Å². The zero-order valence-electron chi connectivity index (χ0n) is 8.44. The number of carbonyl (C=O) groups is 1. The van der Waals surface area contributed by atoms with E-state index < -0.39 is 5.82 Å². The molecule has 0 atom stereocenters. The second-order valence-corrected chi connectivity index (χ2v) is 4.22. The van der Waals surface area contributed by atoms with Crippen molar-refractivity contribution in [1.82, 2.24) is 4.98 Å². The van der Waals surface area contributed by atoms with Crippen molar-refractivity contribution in [3.8, 4) is 0 Å². The number of hydrogen-bond donors (Lipinski definition) is 0. The Morgan fingerprint density at radius 3 is 2.88 bits per heavy atom. The van der Waals surface area contributed by atoms with Gasteiger partial charge in [-0.15, -0.1) is 0 Å². The van der Waals surface area contributed by atoms with E-state index >= 15 is 0 Å². The lowest BCUT2D eigenvalue weighted by molar-refractivity contribution is 0.112. The van der Waals surface area contributed by atoms with Crippen LogP contribution in [0.2, 0.25) is 0 Å². The minimum Gasteiger partial charge on any atom is -0.439 e. The molecule has 1 aromatic carbocycles. The first-order valence-corrected chi connectivity index (χ1v) is 5.35. The lowest BCUT2D eigenvalue weighted by Gasteiger charge is -1.98. The highest BCUT2D eigenvalue weighted by molar-refractivity contribution is 7.99. The standard InChI is InChI=1S/C11H8FNO2S/c1-7-6-15-11(13-7)16-10-3-8(5-14)2-9(12)4-10/h2-6H,1H3. The van der Waals surface area contributed by atoms with Gasteiger partial charge in [0.05, 0.1) is 5.69 Å². The summed E-state index contributed by atoms with van der Waals surface area (Å²) >= 11 is 1.18. The van der Waals surface area contributed by atoms with Crippen molar-refractivity contribution in [2.75, 3.05) is 0 Å². The number of aromatic nitrogens is 1. The van der Waals surface area contributed by atoms with E-state index in [0.717, 1.165) is 5.69 Å². The van der Waals surface area contributed by atoms with Crippen molar-refractivity contribution >= 4 is 18.0 Å². The van der Waals surface area contributed by atoms with Crippen molar-refractivity contribution in [3.05, 3.63) is 41.5 Å². The Balaban J connectivity index is 2.27. The normalized spacial score (nSPS) is 10.4. The molecular weight excluding hydrogens is 229 g/mol. The molecule has 3 nitrogen and oxygen atoms in total. The van der Waals surface area contributed by atoms with Gasteiger partial charge in [-0.3, -0.25) is 4.79 Å². The number of benzene rings is 1. The molecule has 2 rings (SSSR count).